The molecule has 2 N–H and O–H groups in total. The number of hydrogen-bond donors (Lipinski definition) is 2. The monoisotopic (exact) mass is 374 g/mol. The van der Waals surface area contributed by atoms with Crippen molar-refractivity contribution in [3.05, 3.63) is 89.0 Å². The quantitative estimate of drug-likeness (QED) is 0.594. The zero-order chi connectivity index (χ0) is 19.9. The molecule has 28 heavy (non-hydrogen) atoms. The number of amides is 1. The highest BCUT2D eigenvalue weighted by molar-refractivity contribution is 5.95. The highest BCUT2D eigenvalue weighted by atomic mass is 16.5. The number of benzene rings is 3. The SMILES string of the molecule is Cc1cc(C)c(NCC(=O)Nc2ccccc2OCc2ccccc2)c(C)c1. The van der Waals surface area contributed by atoms with E-state index in [9.17, 15) is 4.79 Å². The number of para-hydroxylation sites is 2. The van der Waals surface area contributed by atoms with Crippen LogP contribution < -0.4 is 15.4 Å². The minimum atomic E-state index is -0.116. The molecule has 0 saturated heterocycles. The van der Waals surface area contributed by atoms with Crippen LogP contribution in [0.15, 0.2) is 66.7 Å². The van der Waals surface area contributed by atoms with Crippen LogP contribution in [0, 0.1) is 20.8 Å². The highest BCUT2D eigenvalue weighted by Gasteiger charge is 2.10. The molecule has 3 aromatic rings. The number of rotatable bonds is 7. The summed E-state index contributed by atoms with van der Waals surface area (Å²) in [5, 5.41) is 6.19. The second kappa shape index (κ2) is 9.09. The maximum atomic E-state index is 12.5. The molecule has 0 fully saturated rings. The summed E-state index contributed by atoms with van der Waals surface area (Å²) < 4.78 is 5.90. The Morgan fingerprint density at radius 2 is 1.54 bits per heavy atom. The van der Waals surface area contributed by atoms with Gasteiger partial charge in [0.05, 0.1) is 12.2 Å². The summed E-state index contributed by atoms with van der Waals surface area (Å²) in [6.45, 7) is 6.81. The van der Waals surface area contributed by atoms with Crippen molar-refractivity contribution < 1.29 is 9.53 Å². The van der Waals surface area contributed by atoms with Gasteiger partial charge >= 0.3 is 0 Å². The van der Waals surface area contributed by atoms with E-state index < -0.39 is 0 Å². The van der Waals surface area contributed by atoms with Gasteiger partial charge in [0.25, 0.3) is 0 Å². The Morgan fingerprint density at radius 3 is 2.25 bits per heavy atom. The van der Waals surface area contributed by atoms with Crippen LogP contribution in [0.5, 0.6) is 5.75 Å². The van der Waals surface area contributed by atoms with E-state index in [4.69, 9.17) is 4.74 Å². The Balaban J connectivity index is 1.61. The molecule has 4 nitrogen and oxygen atoms in total. The third-order valence-electron chi connectivity index (χ3n) is 4.50. The number of anilines is 2. The molecule has 0 atom stereocenters. The summed E-state index contributed by atoms with van der Waals surface area (Å²) >= 11 is 0. The number of ether oxygens (including phenoxy) is 1. The number of aryl methyl sites for hydroxylation is 3. The zero-order valence-electron chi connectivity index (χ0n) is 16.6. The van der Waals surface area contributed by atoms with Crippen LogP contribution >= 0.6 is 0 Å². The molecule has 1 amide bonds. The molecule has 0 unspecified atom stereocenters. The molecular weight excluding hydrogens is 348 g/mol. The van der Waals surface area contributed by atoms with Crippen LogP contribution in [0.25, 0.3) is 0 Å². The maximum Gasteiger partial charge on any atom is 0.243 e. The number of hydrogen-bond acceptors (Lipinski definition) is 3. The Labute approximate surface area is 166 Å². The van der Waals surface area contributed by atoms with Gasteiger partial charge in [-0.15, -0.1) is 0 Å². The van der Waals surface area contributed by atoms with E-state index in [0.717, 1.165) is 22.4 Å². The first-order chi connectivity index (χ1) is 13.5. The van der Waals surface area contributed by atoms with Crippen molar-refractivity contribution in [2.75, 3.05) is 17.2 Å². The summed E-state index contributed by atoms with van der Waals surface area (Å²) in [4.78, 5) is 12.5. The van der Waals surface area contributed by atoms with Crippen LogP contribution in [0.2, 0.25) is 0 Å². The van der Waals surface area contributed by atoms with E-state index in [1.54, 1.807) is 0 Å². The molecule has 4 heteroatoms. The summed E-state index contributed by atoms with van der Waals surface area (Å²) in [6, 6.07) is 21.7. The van der Waals surface area contributed by atoms with Crippen LogP contribution in [0.1, 0.15) is 22.3 Å². The first kappa shape index (κ1) is 19.5. The maximum absolute atomic E-state index is 12.5. The van der Waals surface area contributed by atoms with E-state index in [1.165, 1.54) is 5.56 Å². The third-order valence-corrected chi connectivity index (χ3v) is 4.50. The van der Waals surface area contributed by atoms with Crippen molar-refractivity contribution in [2.24, 2.45) is 0 Å². The van der Waals surface area contributed by atoms with Gasteiger partial charge in [0.2, 0.25) is 5.91 Å². The Hall–Kier alpha value is -3.27. The van der Waals surface area contributed by atoms with Gasteiger partial charge in [-0.1, -0.05) is 60.2 Å². The van der Waals surface area contributed by atoms with E-state index >= 15 is 0 Å². The topological polar surface area (TPSA) is 50.4 Å². The smallest absolute Gasteiger partial charge is 0.243 e. The van der Waals surface area contributed by atoms with Gasteiger partial charge in [-0.3, -0.25) is 4.79 Å². The minimum absolute atomic E-state index is 0.116. The predicted molar refractivity (Wildman–Crippen MR) is 115 cm³/mol. The second-order valence-electron chi connectivity index (χ2n) is 6.95. The number of carbonyl (C=O) groups excluding carboxylic acids is 1. The number of nitrogens with one attached hydrogen (secondary N) is 2. The summed E-state index contributed by atoms with van der Waals surface area (Å²) in [5.74, 6) is 0.539. The van der Waals surface area contributed by atoms with Crippen LogP contribution in [0.4, 0.5) is 11.4 Å². The molecule has 0 aliphatic rings. The normalized spacial score (nSPS) is 10.4. The molecular formula is C24H26N2O2. The summed E-state index contributed by atoms with van der Waals surface area (Å²) in [6.07, 6.45) is 0. The highest BCUT2D eigenvalue weighted by Crippen LogP contribution is 2.25. The van der Waals surface area contributed by atoms with E-state index in [2.05, 4.69) is 29.7 Å². The van der Waals surface area contributed by atoms with Crippen molar-refractivity contribution in [1.82, 2.24) is 0 Å². The fraction of sp³-hybridized carbons (Fsp3) is 0.208. The van der Waals surface area contributed by atoms with Crippen molar-refractivity contribution in [3.8, 4) is 5.75 Å². The molecule has 0 aliphatic heterocycles. The van der Waals surface area contributed by atoms with Gasteiger partial charge in [-0.05, 0) is 49.6 Å². The van der Waals surface area contributed by atoms with E-state index in [0.29, 0.717) is 18.0 Å². The van der Waals surface area contributed by atoms with Crippen molar-refractivity contribution in [3.63, 3.8) is 0 Å². The van der Waals surface area contributed by atoms with Crippen molar-refractivity contribution in [2.45, 2.75) is 27.4 Å². The molecule has 144 valence electrons. The average Bonchev–Trinajstić information content (AvgIpc) is 2.67. The van der Waals surface area contributed by atoms with Gasteiger partial charge in [-0.25, -0.2) is 0 Å². The lowest BCUT2D eigenvalue weighted by Gasteiger charge is -2.15. The minimum Gasteiger partial charge on any atom is -0.487 e. The fourth-order valence-corrected chi connectivity index (χ4v) is 3.25. The lowest BCUT2D eigenvalue weighted by molar-refractivity contribution is -0.114. The molecule has 3 rings (SSSR count). The molecule has 0 saturated carbocycles. The molecule has 0 aromatic heterocycles. The Morgan fingerprint density at radius 1 is 0.893 bits per heavy atom. The van der Waals surface area contributed by atoms with E-state index in [1.807, 2.05) is 68.4 Å². The molecule has 0 spiro atoms. The first-order valence-electron chi connectivity index (χ1n) is 9.40. The fourth-order valence-electron chi connectivity index (χ4n) is 3.25. The largest absolute Gasteiger partial charge is 0.487 e. The molecule has 0 aliphatic carbocycles. The molecule has 0 bridgehead atoms. The molecule has 0 radical (unpaired) electrons. The molecule has 0 heterocycles. The van der Waals surface area contributed by atoms with Gasteiger partial charge in [0.15, 0.2) is 0 Å². The lowest BCUT2D eigenvalue weighted by atomic mass is 10.1. The zero-order valence-corrected chi connectivity index (χ0v) is 16.6. The second-order valence-corrected chi connectivity index (χ2v) is 6.95. The standard InChI is InChI=1S/C24H26N2O2/c1-17-13-18(2)24(19(3)14-17)25-15-23(27)26-21-11-7-8-12-22(21)28-16-20-9-5-4-6-10-20/h4-14,25H,15-16H2,1-3H3,(H,26,27). The van der Waals surface area contributed by atoms with Crippen molar-refractivity contribution in [1.29, 1.82) is 0 Å². The number of carbonyl (C=O) groups is 1. The van der Waals surface area contributed by atoms with Crippen molar-refractivity contribution >= 4 is 17.3 Å². The van der Waals surface area contributed by atoms with Crippen LogP contribution in [-0.2, 0) is 11.4 Å². The summed E-state index contributed by atoms with van der Waals surface area (Å²) in [5.41, 5.74) is 6.25. The third kappa shape index (κ3) is 5.13. The van der Waals surface area contributed by atoms with Crippen LogP contribution in [0.3, 0.4) is 0 Å². The predicted octanol–water partition coefficient (Wildman–Crippen LogP) is 5.24. The van der Waals surface area contributed by atoms with Gasteiger partial charge in [0, 0.05) is 5.69 Å². The van der Waals surface area contributed by atoms with E-state index in [-0.39, 0.29) is 12.5 Å². The lowest BCUT2D eigenvalue weighted by Crippen LogP contribution is -2.22. The van der Waals surface area contributed by atoms with Gasteiger partial charge < -0.3 is 15.4 Å². The van der Waals surface area contributed by atoms with Gasteiger partial charge in [-0.2, -0.15) is 0 Å². The van der Waals surface area contributed by atoms with Crippen LogP contribution in [-0.4, -0.2) is 12.5 Å². The first-order valence-corrected chi connectivity index (χ1v) is 9.40. The summed E-state index contributed by atoms with van der Waals surface area (Å²) in [7, 11) is 0. The van der Waals surface area contributed by atoms with Gasteiger partial charge in [0.1, 0.15) is 12.4 Å². The Bertz CT molecular complexity index is 929. The molecule has 3 aromatic carbocycles. The average molecular weight is 374 g/mol. The Kier molecular flexibility index (Phi) is 6.33.